The molecule has 0 fully saturated rings. The van der Waals surface area contributed by atoms with Crippen molar-refractivity contribution in [3.05, 3.63) is 218 Å². The Morgan fingerprint density at radius 3 is 1.61 bits per heavy atom. The largest absolute Gasteiger partial charge is 0.455 e. The average molecular weight is 729 g/mol. The van der Waals surface area contributed by atoms with Crippen LogP contribution in [0.3, 0.4) is 0 Å². The number of hydrogen-bond donors (Lipinski definition) is 0. The molecule has 0 aliphatic rings. The first-order chi connectivity index (χ1) is 28.3. The highest BCUT2D eigenvalue weighted by molar-refractivity contribution is 6.10. The van der Waals surface area contributed by atoms with Crippen molar-refractivity contribution in [1.29, 1.82) is 0 Å². The maximum atomic E-state index is 6.34. The fourth-order valence-electron chi connectivity index (χ4n) is 8.55. The van der Waals surface area contributed by atoms with E-state index in [4.69, 9.17) is 4.42 Å². The monoisotopic (exact) mass is 728 g/mol. The van der Waals surface area contributed by atoms with E-state index < -0.39 is 0 Å². The van der Waals surface area contributed by atoms with E-state index in [1.54, 1.807) is 0 Å². The molecule has 268 valence electrons. The fraction of sp³-hybridized carbons (Fsp3) is 0. The maximum Gasteiger partial charge on any atom is 0.143 e. The molecule has 57 heavy (non-hydrogen) atoms. The Bertz CT molecular complexity index is 3170. The summed E-state index contributed by atoms with van der Waals surface area (Å²) >= 11 is 0. The number of anilines is 3. The Hall–Kier alpha value is -7.62. The molecule has 0 amide bonds. The van der Waals surface area contributed by atoms with Crippen LogP contribution in [0.15, 0.2) is 223 Å². The molecule has 0 saturated carbocycles. The molecule has 0 N–H and O–H groups in total. The zero-order chi connectivity index (χ0) is 37.7. The lowest BCUT2D eigenvalue weighted by atomic mass is 9.98. The molecule has 3 heteroatoms. The number of fused-ring (bicyclic) bond motifs is 6. The summed E-state index contributed by atoms with van der Waals surface area (Å²) in [5.41, 5.74) is 15.6. The summed E-state index contributed by atoms with van der Waals surface area (Å²) in [7, 11) is 0. The minimum absolute atomic E-state index is 0.914. The number of para-hydroxylation sites is 6. The molecule has 2 aromatic heterocycles. The highest BCUT2D eigenvalue weighted by Gasteiger charge is 2.18. The van der Waals surface area contributed by atoms with Crippen molar-refractivity contribution in [1.82, 2.24) is 4.57 Å². The Balaban J connectivity index is 0.954. The van der Waals surface area contributed by atoms with Crippen LogP contribution in [0, 0.1) is 0 Å². The number of aromatic nitrogens is 1. The van der Waals surface area contributed by atoms with Crippen molar-refractivity contribution in [3.63, 3.8) is 0 Å². The van der Waals surface area contributed by atoms with Crippen molar-refractivity contribution >= 4 is 60.8 Å². The van der Waals surface area contributed by atoms with Gasteiger partial charge in [0.05, 0.1) is 16.7 Å². The van der Waals surface area contributed by atoms with Gasteiger partial charge in [-0.15, -0.1) is 0 Å². The van der Waals surface area contributed by atoms with Gasteiger partial charge in [-0.25, -0.2) is 0 Å². The van der Waals surface area contributed by atoms with Crippen LogP contribution in [0.4, 0.5) is 17.1 Å². The van der Waals surface area contributed by atoms with Gasteiger partial charge in [-0.2, -0.15) is 0 Å². The van der Waals surface area contributed by atoms with E-state index in [0.717, 1.165) is 72.5 Å². The third-order valence-electron chi connectivity index (χ3n) is 11.2. The van der Waals surface area contributed by atoms with Gasteiger partial charge in [0.25, 0.3) is 0 Å². The molecule has 0 atom stereocenters. The molecule has 0 bridgehead atoms. The summed E-state index contributed by atoms with van der Waals surface area (Å²) in [5.74, 6) is 0. The molecular weight excluding hydrogens is 693 g/mol. The van der Waals surface area contributed by atoms with E-state index in [2.05, 4.69) is 216 Å². The Labute approximate surface area is 330 Å². The molecule has 11 aromatic rings. The van der Waals surface area contributed by atoms with Gasteiger partial charge >= 0.3 is 0 Å². The van der Waals surface area contributed by atoms with Gasteiger partial charge < -0.3 is 13.9 Å². The van der Waals surface area contributed by atoms with E-state index in [1.165, 1.54) is 27.4 Å². The second-order valence-electron chi connectivity index (χ2n) is 14.5. The molecule has 3 nitrogen and oxygen atoms in total. The smallest absolute Gasteiger partial charge is 0.143 e. The van der Waals surface area contributed by atoms with Gasteiger partial charge in [0.2, 0.25) is 0 Å². The summed E-state index contributed by atoms with van der Waals surface area (Å²) in [4.78, 5) is 2.34. The van der Waals surface area contributed by atoms with Gasteiger partial charge in [0.1, 0.15) is 11.2 Å². The third kappa shape index (κ3) is 5.60. The summed E-state index contributed by atoms with van der Waals surface area (Å²) in [6, 6.07) is 78.0. The molecule has 0 unspecified atom stereocenters. The molecule has 0 saturated heterocycles. The SMILES string of the molecule is c1ccc(N(c2ccc(-c3ccc(-c4cccc5c4oc4ccccc45)cc3)cc2)c2cccc(-c3ccccc3-n3c4ccccc4c4ccccc43)c2)cc1. The Morgan fingerprint density at radius 2 is 0.860 bits per heavy atom. The van der Waals surface area contributed by atoms with E-state index in [1.807, 2.05) is 12.1 Å². The van der Waals surface area contributed by atoms with Crippen molar-refractivity contribution in [3.8, 4) is 39.1 Å². The lowest BCUT2D eigenvalue weighted by molar-refractivity contribution is 0.670. The van der Waals surface area contributed by atoms with E-state index in [0.29, 0.717) is 0 Å². The van der Waals surface area contributed by atoms with Crippen LogP contribution in [-0.4, -0.2) is 4.57 Å². The Morgan fingerprint density at radius 1 is 0.333 bits per heavy atom. The zero-order valence-corrected chi connectivity index (χ0v) is 31.1. The second-order valence-corrected chi connectivity index (χ2v) is 14.5. The molecule has 0 aliphatic carbocycles. The lowest BCUT2D eigenvalue weighted by Gasteiger charge is -2.26. The van der Waals surface area contributed by atoms with Crippen LogP contribution in [-0.2, 0) is 0 Å². The van der Waals surface area contributed by atoms with Crippen LogP contribution in [0.2, 0.25) is 0 Å². The number of benzene rings is 9. The summed E-state index contributed by atoms with van der Waals surface area (Å²) in [5, 5.41) is 4.80. The van der Waals surface area contributed by atoms with Crippen LogP contribution in [0.25, 0.3) is 82.8 Å². The normalized spacial score (nSPS) is 11.5. The topological polar surface area (TPSA) is 21.3 Å². The molecule has 11 rings (SSSR count). The minimum atomic E-state index is 0.914. The second kappa shape index (κ2) is 13.6. The van der Waals surface area contributed by atoms with Crippen LogP contribution in [0.1, 0.15) is 0 Å². The summed E-state index contributed by atoms with van der Waals surface area (Å²) in [6.45, 7) is 0. The molecule has 9 aromatic carbocycles. The maximum absolute atomic E-state index is 6.34. The number of furan rings is 1. The zero-order valence-electron chi connectivity index (χ0n) is 31.1. The van der Waals surface area contributed by atoms with E-state index in [-0.39, 0.29) is 0 Å². The molecule has 0 radical (unpaired) electrons. The van der Waals surface area contributed by atoms with Gasteiger partial charge in [-0.05, 0) is 82.9 Å². The number of hydrogen-bond acceptors (Lipinski definition) is 2. The van der Waals surface area contributed by atoms with Gasteiger partial charge in [-0.1, -0.05) is 158 Å². The first-order valence-electron chi connectivity index (χ1n) is 19.4. The van der Waals surface area contributed by atoms with Crippen LogP contribution in [0.5, 0.6) is 0 Å². The molecule has 2 heterocycles. The van der Waals surface area contributed by atoms with Gasteiger partial charge in [0, 0.05) is 49.7 Å². The highest BCUT2D eigenvalue weighted by Crippen LogP contribution is 2.41. The lowest BCUT2D eigenvalue weighted by Crippen LogP contribution is -2.10. The standard InChI is InChI=1S/C54H36N2O/c1-2-15-41(16-3-1)55(42-34-32-38(33-35-42)37-28-30-39(31-29-37)45-22-13-23-49-48-21-7-11-27-53(48)57-54(45)49)43-17-12-14-40(36-43)44-18-4-8-24-50(44)56-51-25-9-5-19-46(51)47-20-6-10-26-52(47)56/h1-36H. The highest BCUT2D eigenvalue weighted by atomic mass is 16.3. The predicted octanol–water partition coefficient (Wildman–Crippen LogP) is 15.2. The quantitative estimate of drug-likeness (QED) is 0.163. The molecule has 0 aliphatic heterocycles. The fourth-order valence-corrected chi connectivity index (χ4v) is 8.55. The first-order valence-corrected chi connectivity index (χ1v) is 19.4. The van der Waals surface area contributed by atoms with Crippen LogP contribution >= 0.6 is 0 Å². The van der Waals surface area contributed by atoms with E-state index >= 15 is 0 Å². The van der Waals surface area contributed by atoms with Crippen molar-refractivity contribution in [2.75, 3.05) is 4.90 Å². The van der Waals surface area contributed by atoms with Crippen molar-refractivity contribution in [2.24, 2.45) is 0 Å². The predicted molar refractivity (Wildman–Crippen MR) is 239 cm³/mol. The third-order valence-corrected chi connectivity index (χ3v) is 11.2. The molecular formula is C54H36N2O. The number of nitrogens with zero attached hydrogens (tertiary/aromatic N) is 2. The number of rotatable bonds is 7. The first kappa shape index (κ1) is 32.8. The summed E-state index contributed by atoms with van der Waals surface area (Å²) < 4.78 is 8.75. The van der Waals surface area contributed by atoms with Crippen molar-refractivity contribution in [2.45, 2.75) is 0 Å². The van der Waals surface area contributed by atoms with Gasteiger partial charge in [-0.3, -0.25) is 0 Å². The van der Waals surface area contributed by atoms with Crippen LogP contribution < -0.4 is 4.90 Å². The molecule has 0 spiro atoms. The minimum Gasteiger partial charge on any atom is -0.455 e. The Kier molecular flexibility index (Phi) is 7.82. The van der Waals surface area contributed by atoms with E-state index in [9.17, 15) is 0 Å². The van der Waals surface area contributed by atoms with Crippen molar-refractivity contribution < 1.29 is 4.42 Å². The summed E-state index contributed by atoms with van der Waals surface area (Å²) in [6.07, 6.45) is 0. The van der Waals surface area contributed by atoms with Gasteiger partial charge in [0.15, 0.2) is 0 Å². The average Bonchev–Trinajstić information content (AvgIpc) is 3.83.